The van der Waals surface area contributed by atoms with Gasteiger partial charge in [-0.25, -0.2) is 0 Å². The molecule has 0 nitrogen and oxygen atoms in total. The molecule has 0 saturated carbocycles. The molecule has 12 heavy (non-hydrogen) atoms. The molecule has 0 rings (SSSR count). The zero-order chi connectivity index (χ0) is 9.56. The smallest absolute Gasteiger partial charge is 0.0219 e. The van der Waals surface area contributed by atoms with Crippen LogP contribution in [0.4, 0.5) is 0 Å². The largest absolute Gasteiger partial charge is 0.0874 e. The van der Waals surface area contributed by atoms with Gasteiger partial charge >= 0.3 is 0 Å². The molecule has 0 aromatic carbocycles. The van der Waals surface area contributed by atoms with E-state index in [-0.39, 0.29) is 0 Å². The van der Waals surface area contributed by atoms with Crippen LogP contribution in [-0.4, -0.2) is 0 Å². The average molecular weight is 164 g/mol. The van der Waals surface area contributed by atoms with Gasteiger partial charge in [0.1, 0.15) is 0 Å². The molecule has 0 heterocycles. The summed E-state index contributed by atoms with van der Waals surface area (Å²) in [7, 11) is 0. The first-order valence-corrected chi connectivity index (χ1v) is 4.55. The summed E-state index contributed by atoms with van der Waals surface area (Å²) in [6.07, 6.45) is 8.62. The first-order chi connectivity index (χ1) is 5.57. The molecule has 0 amide bonds. The SMILES string of the molecule is C/C=C\C(=C/C=C(C)C)C(C)C. The van der Waals surface area contributed by atoms with Crippen LogP contribution in [0, 0.1) is 5.92 Å². The fraction of sp³-hybridized carbons (Fsp3) is 0.500. The molecular formula is C12H20. The van der Waals surface area contributed by atoms with E-state index in [0.717, 1.165) is 0 Å². The molecule has 0 unspecified atom stereocenters. The molecule has 0 atom stereocenters. The van der Waals surface area contributed by atoms with Crippen LogP contribution in [0.1, 0.15) is 34.6 Å². The lowest BCUT2D eigenvalue weighted by atomic mass is 10.0. The van der Waals surface area contributed by atoms with Crippen LogP contribution < -0.4 is 0 Å². The number of rotatable bonds is 3. The molecule has 0 heteroatoms. The predicted molar refractivity (Wildman–Crippen MR) is 57.2 cm³/mol. The van der Waals surface area contributed by atoms with Gasteiger partial charge in [0.15, 0.2) is 0 Å². The third kappa shape index (κ3) is 4.95. The summed E-state index contributed by atoms with van der Waals surface area (Å²) in [4.78, 5) is 0. The summed E-state index contributed by atoms with van der Waals surface area (Å²) >= 11 is 0. The predicted octanol–water partition coefficient (Wildman–Crippen LogP) is 4.11. The lowest BCUT2D eigenvalue weighted by molar-refractivity contribution is 0.791. The van der Waals surface area contributed by atoms with E-state index in [1.807, 2.05) is 0 Å². The highest BCUT2D eigenvalue weighted by Gasteiger charge is 1.95. The van der Waals surface area contributed by atoms with Crippen molar-refractivity contribution >= 4 is 0 Å². The quantitative estimate of drug-likeness (QED) is 0.551. The van der Waals surface area contributed by atoms with E-state index >= 15 is 0 Å². The van der Waals surface area contributed by atoms with Crippen molar-refractivity contribution in [3.8, 4) is 0 Å². The Morgan fingerprint density at radius 1 is 1.08 bits per heavy atom. The Labute approximate surface area is 76.7 Å². The zero-order valence-electron chi connectivity index (χ0n) is 8.89. The van der Waals surface area contributed by atoms with Gasteiger partial charge in [0.2, 0.25) is 0 Å². The van der Waals surface area contributed by atoms with Gasteiger partial charge in [-0.05, 0) is 32.3 Å². The van der Waals surface area contributed by atoms with Gasteiger partial charge in [0.25, 0.3) is 0 Å². The molecular weight excluding hydrogens is 144 g/mol. The van der Waals surface area contributed by atoms with Gasteiger partial charge in [-0.2, -0.15) is 0 Å². The molecule has 0 aromatic rings. The molecule has 0 aromatic heterocycles. The third-order valence-electron chi connectivity index (χ3n) is 1.63. The monoisotopic (exact) mass is 164 g/mol. The second-order valence-electron chi connectivity index (χ2n) is 3.57. The maximum atomic E-state index is 2.21. The van der Waals surface area contributed by atoms with Crippen LogP contribution in [0.25, 0.3) is 0 Å². The minimum Gasteiger partial charge on any atom is -0.0874 e. The summed E-state index contributed by atoms with van der Waals surface area (Å²) in [5.74, 6) is 0.608. The molecule has 0 aliphatic rings. The minimum absolute atomic E-state index is 0.608. The fourth-order valence-corrected chi connectivity index (χ4v) is 0.896. The Morgan fingerprint density at radius 2 is 1.67 bits per heavy atom. The van der Waals surface area contributed by atoms with E-state index in [1.54, 1.807) is 0 Å². The van der Waals surface area contributed by atoms with Crippen molar-refractivity contribution in [2.75, 3.05) is 0 Å². The second-order valence-corrected chi connectivity index (χ2v) is 3.57. The van der Waals surface area contributed by atoms with Crippen molar-refractivity contribution in [2.45, 2.75) is 34.6 Å². The Kier molecular flexibility index (Phi) is 5.44. The Hall–Kier alpha value is -0.780. The minimum atomic E-state index is 0.608. The fourth-order valence-electron chi connectivity index (χ4n) is 0.896. The van der Waals surface area contributed by atoms with E-state index in [2.05, 4.69) is 58.9 Å². The molecule has 0 N–H and O–H groups in total. The van der Waals surface area contributed by atoms with E-state index in [0.29, 0.717) is 5.92 Å². The van der Waals surface area contributed by atoms with Gasteiger partial charge in [-0.1, -0.05) is 43.7 Å². The first-order valence-electron chi connectivity index (χ1n) is 4.55. The third-order valence-corrected chi connectivity index (χ3v) is 1.63. The van der Waals surface area contributed by atoms with E-state index < -0.39 is 0 Å². The zero-order valence-corrected chi connectivity index (χ0v) is 8.89. The molecule has 0 radical (unpaired) electrons. The lowest BCUT2D eigenvalue weighted by Crippen LogP contribution is -1.89. The Balaban J connectivity index is 4.50. The van der Waals surface area contributed by atoms with Gasteiger partial charge in [-0.15, -0.1) is 0 Å². The summed E-state index contributed by atoms with van der Waals surface area (Å²) < 4.78 is 0. The van der Waals surface area contributed by atoms with Crippen molar-refractivity contribution in [1.29, 1.82) is 0 Å². The molecule has 0 fully saturated rings. The Morgan fingerprint density at radius 3 is 2.00 bits per heavy atom. The average Bonchev–Trinajstić information content (AvgIpc) is 1.96. The Bertz CT molecular complexity index is 198. The van der Waals surface area contributed by atoms with Crippen molar-refractivity contribution in [1.82, 2.24) is 0 Å². The topological polar surface area (TPSA) is 0 Å². The second kappa shape index (κ2) is 5.82. The summed E-state index contributed by atoms with van der Waals surface area (Å²) in [6.45, 7) is 10.7. The van der Waals surface area contributed by atoms with Crippen molar-refractivity contribution < 1.29 is 0 Å². The van der Waals surface area contributed by atoms with Gasteiger partial charge in [-0.3, -0.25) is 0 Å². The molecule has 0 aliphatic heterocycles. The number of allylic oxidation sites excluding steroid dienone is 6. The van der Waals surface area contributed by atoms with Gasteiger partial charge < -0.3 is 0 Å². The van der Waals surface area contributed by atoms with Crippen LogP contribution in [0.2, 0.25) is 0 Å². The molecule has 0 saturated heterocycles. The number of hydrogen-bond acceptors (Lipinski definition) is 0. The summed E-state index contributed by atoms with van der Waals surface area (Å²) in [6, 6.07) is 0. The first kappa shape index (κ1) is 11.2. The lowest BCUT2D eigenvalue weighted by Gasteiger charge is -2.04. The van der Waals surface area contributed by atoms with Crippen LogP contribution in [0.5, 0.6) is 0 Å². The standard InChI is InChI=1S/C12H20/c1-6-7-12(11(4)5)9-8-10(2)3/h6-9,11H,1-5H3/b7-6-,12-9+. The van der Waals surface area contributed by atoms with Gasteiger partial charge in [0, 0.05) is 0 Å². The maximum absolute atomic E-state index is 2.21. The van der Waals surface area contributed by atoms with E-state index in [4.69, 9.17) is 0 Å². The van der Waals surface area contributed by atoms with E-state index in [1.165, 1.54) is 11.1 Å². The molecule has 0 aliphatic carbocycles. The molecule has 68 valence electrons. The van der Waals surface area contributed by atoms with Crippen molar-refractivity contribution in [2.24, 2.45) is 5.92 Å². The van der Waals surface area contributed by atoms with Crippen LogP contribution in [-0.2, 0) is 0 Å². The van der Waals surface area contributed by atoms with Gasteiger partial charge in [0.05, 0.1) is 0 Å². The van der Waals surface area contributed by atoms with Crippen LogP contribution in [0.15, 0.2) is 35.5 Å². The molecule has 0 bridgehead atoms. The highest BCUT2D eigenvalue weighted by Crippen LogP contribution is 2.11. The molecule has 0 spiro atoms. The van der Waals surface area contributed by atoms with Crippen molar-refractivity contribution in [3.63, 3.8) is 0 Å². The maximum Gasteiger partial charge on any atom is -0.0219 e. The number of hydrogen-bond donors (Lipinski definition) is 0. The highest BCUT2D eigenvalue weighted by molar-refractivity contribution is 5.26. The van der Waals surface area contributed by atoms with Crippen LogP contribution in [0.3, 0.4) is 0 Å². The summed E-state index contributed by atoms with van der Waals surface area (Å²) in [5.41, 5.74) is 2.73. The highest BCUT2D eigenvalue weighted by atomic mass is 14.0. The van der Waals surface area contributed by atoms with Crippen LogP contribution >= 0.6 is 0 Å². The van der Waals surface area contributed by atoms with E-state index in [9.17, 15) is 0 Å². The van der Waals surface area contributed by atoms with Crippen molar-refractivity contribution in [3.05, 3.63) is 35.5 Å². The normalized spacial score (nSPS) is 12.7. The summed E-state index contributed by atoms with van der Waals surface area (Å²) in [5, 5.41) is 0.